The van der Waals surface area contributed by atoms with Crippen molar-refractivity contribution in [2.24, 2.45) is 0 Å². The Morgan fingerprint density at radius 2 is 2.00 bits per heavy atom. The number of rotatable bonds is 2. The van der Waals surface area contributed by atoms with Crippen LogP contribution in [0.2, 0.25) is 0 Å². The second-order valence-corrected chi connectivity index (χ2v) is 6.45. The van der Waals surface area contributed by atoms with E-state index in [1.165, 1.54) is 0 Å². The summed E-state index contributed by atoms with van der Waals surface area (Å²) in [6, 6.07) is 6.06. The third-order valence-corrected chi connectivity index (χ3v) is 4.54. The molecular formula is C19H21N7O. The van der Waals surface area contributed by atoms with Gasteiger partial charge >= 0.3 is 0 Å². The molecule has 27 heavy (non-hydrogen) atoms. The van der Waals surface area contributed by atoms with Crippen LogP contribution in [-0.4, -0.2) is 57.3 Å². The van der Waals surface area contributed by atoms with E-state index in [0.717, 1.165) is 49.7 Å². The van der Waals surface area contributed by atoms with Gasteiger partial charge in [0, 0.05) is 18.7 Å². The molecule has 1 saturated heterocycles. The minimum absolute atomic E-state index is 0.130. The van der Waals surface area contributed by atoms with Crippen molar-refractivity contribution in [2.75, 3.05) is 44.3 Å². The number of nitrogen functional groups attached to an aromatic ring is 2. The standard InChI is InChI=1S/C19H21N7O/c1-13-11-14(3-2-6-25-7-9-27-10-8-25)4-5-15(13)26-12-22-16-17(20)23-19(21)24-18(16)26/h4-5,11-12H,6-10H2,1H3,(H4,20,21,23,24). The summed E-state index contributed by atoms with van der Waals surface area (Å²) >= 11 is 0. The number of fused-ring (bicyclic) bond motifs is 1. The van der Waals surface area contributed by atoms with Crippen LogP contribution in [0, 0.1) is 18.8 Å². The lowest BCUT2D eigenvalue weighted by Crippen LogP contribution is -2.36. The normalized spacial score (nSPS) is 14.9. The average Bonchev–Trinajstić information content (AvgIpc) is 3.07. The van der Waals surface area contributed by atoms with E-state index in [1.54, 1.807) is 6.33 Å². The SMILES string of the molecule is Cc1cc(C#CCN2CCOCC2)ccc1-n1cnc2c(N)nc(N)nc21. The Balaban J connectivity index is 1.59. The van der Waals surface area contributed by atoms with Crippen LogP contribution >= 0.6 is 0 Å². The van der Waals surface area contributed by atoms with Gasteiger partial charge in [0.2, 0.25) is 5.95 Å². The highest BCUT2D eigenvalue weighted by Crippen LogP contribution is 2.23. The monoisotopic (exact) mass is 363 g/mol. The van der Waals surface area contributed by atoms with Crippen LogP contribution < -0.4 is 11.5 Å². The van der Waals surface area contributed by atoms with Crippen molar-refractivity contribution >= 4 is 22.9 Å². The van der Waals surface area contributed by atoms with Crippen LogP contribution in [0.25, 0.3) is 16.9 Å². The molecule has 3 aromatic rings. The van der Waals surface area contributed by atoms with E-state index in [1.807, 2.05) is 23.6 Å². The van der Waals surface area contributed by atoms with E-state index in [9.17, 15) is 0 Å². The number of nitrogens with zero attached hydrogens (tertiary/aromatic N) is 5. The molecule has 0 aliphatic carbocycles. The lowest BCUT2D eigenvalue weighted by molar-refractivity contribution is 0.0443. The van der Waals surface area contributed by atoms with Gasteiger partial charge in [0.25, 0.3) is 0 Å². The van der Waals surface area contributed by atoms with Crippen molar-refractivity contribution in [1.29, 1.82) is 0 Å². The van der Waals surface area contributed by atoms with Crippen LogP contribution in [0.1, 0.15) is 11.1 Å². The quantitative estimate of drug-likeness (QED) is 0.653. The van der Waals surface area contributed by atoms with Crippen LogP contribution in [0.4, 0.5) is 11.8 Å². The first-order chi connectivity index (χ1) is 13.1. The lowest BCUT2D eigenvalue weighted by atomic mass is 10.1. The van der Waals surface area contributed by atoms with Crippen molar-refractivity contribution in [3.63, 3.8) is 0 Å². The Morgan fingerprint density at radius 1 is 1.19 bits per heavy atom. The highest BCUT2D eigenvalue weighted by molar-refractivity contribution is 5.84. The van der Waals surface area contributed by atoms with Crippen molar-refractivity contribution in [2.45, 2.75) is 6.92 Å². The van der Waals surface area contributed by atoms with Crippen molar-refractivity contribution in [3.05, 3.63) is 35.7 Å². The molecule has 1 aromatic carbocycles. The van der Waals surface area contributed by atoms with Crippen LogP contribution in [-0.2, 0) is 4.74 Å². The minimum atomic E-state index is 0.130. The van der Waals surface area contributed by atoms with E-state index in [0.29, 0.717) is 11.2 Å². The molecule has 1 fully saturated rings. The fraction of sp³-hybridized carbons (Fsp3) is 0.316. The number of morpholine rings is 1. The number of nitrogens with two attached hydrogens (primary N) is 2. The topological polar surface area (TPSA) is 108 Å². The molecule has 1 aliphatic rings. The minimum Gasteiger partial charge on any atom is -0.382 e. The summed E-state index contributed by atoms with van der Waals surface area (Å²) in [5, 5.41) is 0. The summed E-state index contributed by atoms with van der Waals surface area (Å²) in [7, 11) is 0. The molecule has 0 unspecified atom stereocenters. The Hall–Kier alpha value is -3.15. The molecule has 8 nitrogen and oxygen atoms in total. The maximum Gasteiger partial charge on any atom is 0.224 e. The molecule has 8 heteroatoms. The molecule has 1 aliphatic heterocycles. The number of imidazole rings is 1. The van der Waals surface area contributed by atoms with E-state index >= 15 is 0 Å². The molecule has 138 valence electrons. The molecule has 0 radical (unpaired) electrons. The van der Waals surface area contributed by atoms with Crippen molar-refractivity contribution < 1.29 is 4.74 Å². The number of hydrogen-bond acceptors (Lipinski definition) is 7. The first kappa shape index (κ1) is 17.3. The molecular weight excluding hydrogens is 342 g/mol. The van der Waals surface area contributed by atoms with Gasteiger partial charge in [-0.3, -0.25) is 9.47 Å². The maximum absolute atomic E-state index is 5.89. The summed E-state index contributed by atoms with van der Waals surface area (Å²) in [6.07, 6.45) is 1.68. The van der Waals surface area contributed by atoms with Gasteiger partial charge in [-0.05, 0) is 30.7 Å². The number of ether oxygens (including phenoxy) is 1. The van der Waals surface area contributed by atoms with E-state index in [4.69, 9.17) is 16.2 Å². The second-order valence-electron chi connectivity index (χ2n) is 6.45. The molecule has 0 spiro atoms. The molecule has 0 amide bonds. The molecule has 0 saturated carbocycles. The third-order valence-electron chi connectivity index (χ3n) is 4.54. The fourth-order valence-corrected chi connectivity index (χ4v) is 3.13. The van der Waals surface area contributed by atoms with Crippen molar-refractivity contribution in [3.8, 4) is 17.5 Å². The summed E-state index contributed by atoms with van der Waals surface area (Å²) in [5.74, 6) is 6.89. The first-order valence-corrected chi connectivity index (χ1v) is 8.78. The van der Waals surface area contributed by atoms with E-state index in [-0.39, 0.29) is 11.8 Å². The zero-order valence-electron chi connectivity index (χ0n) is 15.1. The number of benzene rings is 1. The van der Waals surface area contributed by atoms with Gasteiger partial charge in [-0.1, -0.05) is 11.8 Å². The Labute approximate surface area is 157 Å². The number of anilines is 2. The Kier molecular flexibility index (Phi) is 4.62. The zero-order chi connectivity index (χ0) is 18.8. The highest BCUT2D eigenvalue weighted by atomic mass is 16.5. The molecule has 0 atom stereocenters. The highest BCUT2D eigenvalue weighted by Gasteiger charge is 2.13. The van der Waals surface area contributed by atoms with Crippen molar-refractivity contribution in [1.82, 2.24) is 24.4 Å². The first-order valence-electron chi connectivity index (χ1n) is 8.78. The molecule has 0 bridgehead atoms. The Morgan fingerprint density at radius 3 is 2.78 bits per heavy atom. The van der Waals surface area contributed by atoms with E-state index in [2.05, 4.69) is 37.8 Å². The van der Waals surface area contributed by atoms with Gasteiger partial charge in [-0.15, -0.1) is 0 Å². The van der Waals surface area contributed by atoms with Gasteiger partial charge in [-0.25, -0.2) is 4.98 Å². The molecule has 4 N–H and O–H groups in total. The van der Waals surface area contributed by atoms with Gasteiger partial charge < -0.3 is 16.2 Å². The maximum atomic E-state index is 5.89. The summed E-state index contributed by atoms with van der Waals surface area (Å²) < 4.78 is 7.22. The molecule has 2 aromatic heterocycles. The van der Waals surface area contributed by atoms with E-state index < -0.39 is 0 Å². The lowest BCUT2D eigenvalue weighted by Gasteiger charge is -2.24. The zero-order valence-corrected chi connectivity index (χ0v) is 15.1. The number of aryl methyl sites for hydroxylation is 1. The molecule has 3 heterocycles. The number of hydrogen-bond donors (Lipinski definition) is 2. The van der Waals surface area contributed by atoms with Crippen LogP contribution in [0.15, 0.2) is 24.5 Å². The third kappa shape index (κ3) is 3.56. The average molecular weight is 363 g/mol. The molecule has 4 rings (SSSR count). The summed E-state index contributed by atoms with van der Waals surface area (Å²) in [6.45, 7) is 6.23. The summed E-state index contributed by atoms with van der Waals surface area (Å²) in [5.41, 5.74) is 15.7. The smallest absolute Gasteiger partial charge is 0.224 e. The summed E-state index contributed by atoms with van der Waals surface area (Å²) in [4.78, 5) is 14.8. The van der Waals surface area contributed by atoms with Crippen LogP contribution in [0.3, 0.4) is 0 Å². The van der Waals surface area contributed by atoms with Gasteiger partial charge in [-0.2, -0.15) is 9.97 Å². The predicted molar refractivity (Wildman–Crippen MR) is 104 cm³/mol. The Bertz CT molecular complexity index is 1040. The second kappa shape index (κ2) is 7.23. The van der Waals surface area contributed by atoms with Gasteiger partial charge in [0.1, 0.15) is 6.33 Å². The fourth-order valence-electron chi connectivity index (χ4n) is 3.13. The number of aromatic nitrogens is 4. The largest absolute Gasteiger partial charge is 0.382 e. The van der Waals surface area contributed by atoms with Crippen LogP contribution in [0.5, 0.6) is 0 Å². The predicted octanol–water partition coefficient (Wildman–Crippen LogP) is 0.972. The van der Waals surface area contributed by atoms with Gasteiger partial charge in [0.15, 0.2) is 17.0 Å². The van der Waals surface area contributed by atoms with Gasteiger partial charge in [0.05, 0.1) is 25.4 Å².